The molecule has 28 heavy (non-hydrogen) atoms. The number of methoxy groups -OCH3 is 2. The quantitative estimate of drug-likeness (QED) is 0.818. The third-order valence-corrected chi connectivity index (χ3v) is 4.97. The van der Waals surface area contributed by atoms with E-state index in [-0.39, 0.29) is 11.8 Å². The van der Waals surface area contributed by atoms with Crippen molar-refractivity contribution in [2.75, 3.05) is 56.5 Å². The van der Waals surface area contributed by atoms with Gasteiger partial charge in [0.05, 0.1) is 31.8 Å². The molecule has 1 aromatic carbocycles. The Hall–Kier alpha value is -3.03. The van der Waals surface area contributed by atoms with Crippen LogP contribution in [-0.4, -0.2) is 57.3 Å². The summed E-state index contributed by atoms with van der Waals surface area (Å²) >= 11 is 0. The van der Waals surface area contributed by atoms with E-state index in [0.29, 0.717) is 17.2 Å². The maximum atomic E-state index is 12.8. The van der Waals surface area contributed by atoms with Gasteiger partial charge in [-0.2, -0.15) is 0 Å². The van der Waals surface area contributed by atoms with E-state index in [0.717, 1.165) is 37.4 Å². The van der Waals surface area contributed by atoms with Gasteiger partial charge in [0.25, 0.3) is 0 Å². The molecule has 1 aliphatic rings. The van der Waals surface area contributed by atoms with Gasteiger partial charge in [-0.25, -0.2) is 9.97 Å². The third kappa shape index (κ3) is 4.27. The molecule has 1 N–H and O–H groups in total. The highest BCUT2D eigenvalue weighted by atomic mass is 16.5. The first-order valence-electron chi connectivity index (χ1n) is 9.28. The minimum Gasteiger partial charge on any atom is -0.497 e. The number of hydrogen-bond acceptors (Lipinski definition) is 7. The van der Waals surface area contributed by atoms with Gasteiger partial charge < -0.3 is 24.6 Å². The van der Waals surface area contributed by atoms with Gasteiger partial charge in [-0.1, -0.05) is 0 Å². The molecule has 0 bridgehead atoms. The molecule has 0 atom stereocenters. The molecule has 0 spiro atoms. The van der Waals surface area contributed by atoms with Crippen LogP contribution >= 0.6 is 0 Å². The third-order valence-electron chi connectivity index (χ3n) is 4.97. The summed E-state index contributed by atoms with van der Waals surface area (Å²) in [6.07, 6.45) is 4.93. The molecule has 1 fully saturated rings. The Morgan fingerprint density at radius 1 is 1.21 bits per heavy atom. The minimum absolute atomic E-state index is 0.0141. The van der Waals surface area contributed by atoms with Crippen LogP contribution in [0.1, 0.15) is 12.8 Å². The maximum Gasteiger partial charge on any atom is 0.227 e. The maximum absolute atomic E-state index is 12.8. The van der Waals surface area contributed by atoms with Crippen molar-refractivity contribution in [2.24, 2.45) is 5.92 Å². The van der Waals surface area contributed by atoms with E-state index in [1.165, 1.54) is 0 Å². The van der Waals surface area contributed by atoms with Gasteiger partial charge in [-0.3, -0.25) is 4.79 Å². The summed E-state index contributed by atoms with van der Waals surface area (Å²) in [6, 6.07) is 5.37. The lowest BCUT2D eigenvalue weighted by Gasteiger charge is -2.34. The van der Waals surface area contributed by atoms with Crippen molar-refractivity contribution in [1.29, 1.82) is 0 Å². The van der Waals surface area contributed by atoms with Gasteiger partial charge in [-0.05, 0) is 25.0 Å². The molecule has 150 valence electrons. The summed E-state index contributed by atoms with van der Waals surface area (Å²) in [6.45, 7) is 1.57. The number of nitrogens with zero attached hydrogens (tertiary/aromatic N) is 4. The summed E-state index contributed by atoms with van der Waals surface area (Å²) < 4.78 is 10.6. The van der Waals surface area contributed by atoms with E-state index in [9.17, 15) is 4.79 Å². The Kier molecular flexibility index (Phi) is 6.18. The number of nitrogens with one attached hydrogen (secondary N) is 1. The van der Waals surface area contributed by atoms with Crippen molar-refractivity contribution in [3.63, 3.8) is 0 Å². The number of carbonyl (C=O) groups is 1. The summed E-state index contributed by atoms with van der Waals surface area (Å²) in [4.78, 5) is 25.5. The van der Waals surface area contributed by atoms with Crippen LogP contribution in [0.15, 0.2) is 30.7 Å². The van der Waals surface area contributed by atoms with Crippen LogP contribution < -0.4 is 24.6 Å². The highest BCUT2D eigenvalue weighted by Gasteiger charge is 2.27. The first kappa shape index (κ1) is 19.7. The van der Waals surface area contributed by atoms with Crippen molar-refractivity contribution in [2.45, 2.75) is 12.8 Å². The molecular weight excluding hydrogens is 358 g/mol. The second-order valence-electron chi connectivity index (χ2n) is 6.94. The molecule has 1 amide bonds. The van der Waals surface area contributed by atoms with Crippen LogP contribution in [0.5, 0.6) is 11.5 Å². The monoisotopic (exact) mass is 385 g/mol. The van der Waals surface area contributed by atoms with Gasteiger partial charge in [0.1, 0.15) is 17.8 Å². The zero-order valence-electron chi connectivity index (χ0n) is 16.8. The predicted molar refractivity (Wildman–Crippen MR) is 109 cm³/mol. The Bertz CT molecular complexity index is 819. The van der Waals surface area contributed by atoms with E-state index < -0.39 is 0 Å². The van der Waals surface area contributed by atoms with Crippen molar-refractivity contribution < 1.29 is 14.3 Å². The number of ether oxygens (including phenoxy) is 2. The fraction of sp³-hybridized carbons (Fsp3) is 0.450. The van der Waals surface area contributed by atoms with Crippen LogP contribution in [0.2, 0.25) is 0 Å². The highest BCUT2D eigenvalue weighted by Crippen LogP contribution is 2.32. The number of benzene rings is 1. The van der Waals surface area contributed by atoms with Crippen molar-refractivity contribution in [3.8, 4) is 11.5 Å². The van der Waals surface area contributed by atoms with Crippen LogP contribution in [0.25, 0.3) is 0 Å². The number of piperidine rings is 1. The molecule has 1 aromatic heterocycles. The van der Waals surface area contributed by atoms with E-state index in [2.05, 4.69) is 20.2 Å². The van der Waals surface area contributed by atoms with Crippen LogP contribution in [0.3, 0.4) is 0 Å². The molecule has 3 rings (SSSR count). The van der Waals surface area contributed by atoms with E-state index in [4.69, 9.17) is 9.47 Å². The molecule has 0 unspecified atom stereocenters. The molecule has 1 aliphatic heterocycles. The molecule has 0 radical (unpaired) electrons. The molecule has 0 aliphatic carbocycles. The van der Waals surface area contributed by atoms with Gasteiger partial charge in [0.15, 0.2) is 5.82 Å². The molecule has 1 saturated heterocycles. The van der Waals surface area contributed by atoms with Crippen LogP contribution in [-0.2, 0) is 4.79 Å². The molecule has 2 heterocycles. The number of carbonyl (C=O) groups excluding carboxylic acids is 1. The Morgan fingerprint density at radius 3 is 2.61 bits per heavy atom. The lowest BCUT2D eigenvalue weighted by Crippen LogP contribution is -2.39. The smallest absolute Gasteiger partial charge is 0.227 e. The fourth-order valence-electron chi connectivity index (χ4n) is 3.40. The van der Waals surface area contributed by atoms with Gasteiger partial charge >= 0.3 is 0 Å². The minimum atomic E-state index is -0.0458. The summed E-state index contributed by atoms with van der Waals surface area (Å²) in [5.41, 5.74) is 1.66. The number of amides is 1. The second kappa shape index (κ2) is 8.77. The standard InChI is InChI=1S/C20H27N5O3/c1-24(2)19-17(12-21-13-22-19)25-9-7-14(8-10-25)20(26)23-16-6-5-15(27-3)11-18(16)28-4/h5-6,11-14H,7-10H2,1-4H3,(H,23,26). The van der Waals surface area contributed by atoms with E-state index in [1.807, 2.05) is 25.2 Å². The average molecular weight is 385 g/mol. The second-order valence-corrected chi connectivity index (χ2v) is 6.94. The Balaban J connectivity index is 1.63. The molecule has 8 nitrogen and oxygen atoms in total. The SMILES string of the molecule is COc1ccc(NC(=O)C2CCN(c3cncnc3N(C)C)CC2)c(OC)c1. The molecule has 0 saturated carbocycles. The summed E-state index contributed by atoms with van der Waals surface area (Å²) in [5.74, 6) is 2.13. The first-order valence-corrected chi connectivity index (χ1v) is 9.28. The number of hydrogen-bond donors (Lipinski definition) is 1. The first-order chi connectivity index (χ1) is 13.5. The number of anilines is 3. The largest absolute Gasteiger partial charge is 0.497 e. The van der Waals surface area contributed by atoms with E-state index >= 15 is 0 Å². The fourth-order valence-corrected chi connectivity index (χ4v) is 3.40. The predicted octanol–water partition coefficient (Wildman–Crippen LogP) is 2.41. The van der Waals surface area contributed by atoms with Crippen molar-refractivity contribution >= 4 is 23.1 Å². The number of aromatic nitrogens is 2. The average Bonchev–Trinajstić information content (AvgIpc) is 2.74. The van der Waals surface area contributed by atoms with Crippen LogP contribution in [0.4, 0.5) is 17.2 Å². The molecule has 2 aromatic rings. The summed E-state index contributed by atoms with van der Waals surface area (Å²) in [7, 11) is 7.11. The lowest BCUT2D eigenvalue weighted by atomic mass is 9.95. The van der Waals surface area contributed by atoms with E-state index in [1.54, 1.807) is 38.7 Å². The lowest BCUT2D eigenvalue weighted by molar-refractivity contribution is -0.120. The zero-order chi connectivity index (χ0) is 20.1. The topological polar surface area (TPSA) is 79.8 Å². The van der Waals surface area contributed by atoms with Crippen molar-refractivity contribution in [3.05, 3.63) is 30.7 Å². The van der Waals surface area contributed by atoms with Gasteiger partial charge in [0, 0.05) is 39.2 Å². The molecular formula is C20H27N5O3. The highest BCUT2D eigenvalue weighted by molar-refractivity contribution is 5.94. The number of rotatable bonds is 6. The molecule has 8 heteroatoms. The zero-order valence-corrected chi connectivity index (χ0v) is 16.8. The van der Waals surface area contributed by atoms with Crippen LogP contribution in [0, 0.1) is 5.92 Å². The van der Waals surface area contributed by atoms with Crippen molar-refractivity contribution in [1.82, 2.24) is 9.97 Å². The Labute approximate surface area is 165 Å². The normalized spacial score (nSPS) is 14.5. The van der Waals surface area contributed by atoms with Gasteiger partial charge in [-0.15, -0.1) is 0 Å². The summed E-state index contributed by atoms with van der Waals surface area (Å²) in [5, 5.41) is 3.00. The Morgan fingerprint density at radius 2 is 1.96 bits per heavy atom. The van der Waals surface area contributed by atoms with Gasteiger partial charge in [0.2, 0.25) is 5.91 Å².